The zero-order valence-electron chi connectivity index (χ0n) is 17.7. The van der Waals surface area contributed by atoms with Gasteiger partial charge in [-0.05, 0) is 56.7 Å². The predicted octanol–water partition coefficient (Wildman–Crippen LogP) is 2.80. The van der Waals surface area contributed by atoms with Crippen LogP contribution in [0.4, 0.5) is 0 Å². The molecule has 8 nitrogen and oxygen atoms in total. The Bertz CT molecular complexity index is 967. The van der Waals surface area contributed by atoms with E-state index < -0.39 is 10.0 Å². The summed E-state index contributed by atoms with van der Waals surface area (Å²) < 4.78 is 37.8. The number of hydrogen-bond donors (Lipinski definition) is 1. The van der Waals surface area contributed by atoms with Gasteiger partial charge in [-0.2, -0.15) is 4.31 Å². The smallest absolute Gasteiger partial charge is 0.248 e. The van der Waals surface area contributed by atoms with Crippen LogP contribution in [-0.4, -0.2) is 44.0 Å². The molecule has 30 heavy (non-hydrogen) atoms. The Kier molecular flexibility index (Phi) is 7.14. The first kappa shape index (κ1) is 22.3. The summed E-state index contributed by atoms with van der Waals surface area (Å²) in [6, 6.07) is 7.56. The minimum atomic E-state index is -3.64. The van der Waals surface area contributed by atoms with Gasteiger partial charge >= 0.3 is 0 Å². The van der Waals surface area contributed by atoms with E-state index in [2.05, 4.69) is 10.5 Å². The molecule has 0 spiro atoms. The van der Waals surface area contributed by atoms with Crippen molar-refractivity contribution >= 4 is 15.9 Å². The van der Waals surface area contributed by atoms with Gasteiger partial charge in [-0.25, -0.2) is 8.42 Å². The van der Waals surface area contributed by atoms with E-state index in [-0.39, 0.29) is 16.7 Å². The van der Waals surface area contributed by atoms with Crippen molar-refractivity contribution < 1.29 is 22.5 Å². The van der Waals surface area contributed by atoms with Gasteiger partial charge in [0.2, 0.25) is 15.9 Å². The first-order valence-corrected chi connectivity index (χ1v) is 11.6. The number of aryl methyl sites for hydroxylation is 2. The second kappa shape index (κ2) is 9.61. The van der Waals surface area contributed by atoms with Gasteiger partial charge in [-0.15, -0.1) is 0 Å². The molecule has 1 N–H and O–H groups in total. The van der Waals surface area contributed by atoms with E-state index in [0.29, 0.717) is 43.9 Å². The summed E-state index contributed by atoms with van der Waals surface area (Å²) in [6.07, 6.45) is 2.71. The molecule has 2 heterocycles. The van der Waals surface area contributed by atoms with Crippen LogP contribution >= 0.6 is 0 Å². The molecule has 0 aliphatic carbocycles. The van der Waals surface area contributed by atoms with Crippen LogP contribution in [0.2, 0.25) is 0 Å². The molecule has 1 atom stereocenters. The lowest BCUT2D eigenvalue weighted by Crippen LogP contribution is -2.40. The van der Waals surface area contributed by atoms with E-state index >= 15 is 0 Å². The number of methoxy groups -OCH3 is 1. The van der Waals surface area contributed by atoms with Crippen molar-refractivity contribution in [3.8, 4) is 5.75 Å². The van der Waals surface area contributed by atoms with Crippen molar-refractivity contribution in [2.75, 3.05) is 20.2 Å². The largest absolute Gasteiger partial charge is 0.497 e. The van der Waals surface area contributed by atoms with Crippen LogP contribution in [0, 0.1) is 19.8 Å². The van der Waals surface area contributed by atoms with E-state index in [9.17, 15) is 13.2 Å². The van der Waals surface area contributed by atoms with Gasteiger partial charge < -0.3 is 14.6 Å². The Morgan fingerprint density at radius 2 is 2.17 bits per heavy atom. The number of nitrogens with zero attached hydrogens (tertiary/aromatic N) is 2. The number of piperidine rings is 1. The van der Waals surface area contributed by atoms with Gasteiger partial charge in [0.25, 0.3) is 0 Å². The lowest BCUT2D eigenvalue weighted by molar-refractivity contribution is -0.121. The highest BCUT2D eigenvalue weighted by Gasteiger charge is 2.34. The van der Waals surface area contributed by atoms with Crippen LogP contribution < -0.4 is 10.1 Å². The number of rotatable bonds is 8. The van der Waals surface area contributed by atoms with Crippen molar-refractivity contribution in [1.29, 1.82) is 0 Å². The minimum absolute atomic E-state index is 0.0384. The maximum absolute atomic E-state index is 13.0. The molecular formula is C21H29N3O5S. The summed E-state index contributed by atoms with van der Waals surface area (Å²) >= 11 is 0. The van der Waals surface area contributed by atoms with Crippen LogP contribution in [0.25, 0.3) is 0 Å². The molecule has 2 aromatic rings. The average Bonchev–Trinajstić information content (AvgIpc) is 3.09. The average molecular weight is 436 g/mol. The summed E-state index contributed by atoms with van der Waals surface area (Å²) in [6.45, 7) is 4.58. The zero-order chi connectivity index (χ0) is 21.7. The number of carbonyl (C=O) groups excluding carboxylic acids is 1. The Morgan fingerprint density at radius 1 is 1.37 bits per heavy atom. The van der Waals surface area contributed by atoms with Crippen LogP contribution in [0.5, 0.6) is 5.75 Å². The Hall–Kier alpha value is -2.39. The molecular weight excluding hydrogens is 406 g/mol. The van der Waals surface area contributed by atoms with E-state index in [1.807, 2.05) is 24.3 Å². The Labute approximate surface area is 177 Å². The molecule has 164 valence electrons. The molecule has 1 aromatic heterocycles. The maximum Gasteiger partial charge on any atom is 0.248 e. The van der Waals surface area contributed by atoms with Crippen LogP contribution in [0.15, 0.2) is 33.7 Å². The van der Waals surface area contributed by atoms with Crippen molar-refractivity contribution in [1.82, 2.24) is 14.8 Å². The second-order valence-electron chi connectivity index (χ2n) is 7.69. The third kappa shape index (κ3) is 5.20. The molecule has 1 aromatic carbocycles. The zero-order valence-corrected chi connectivity index (χ0v) is 18.5. The first-order chi connectivity index (χ1) is 14.3. The number of sulfonamides is 1. The third-order valence-corrected chi connectivity index (χ3v) is 7.56. The summed E-state index contributed by atoms with van der Waals surface area (Å²) in [7, 11) is -2.03. The van der Waals surface area contributed by atoms with E-state index in [1.54, 1.807) is 21.0 Å². The molecule has 0 saturated carbocycles. The molecule has 0 radical (unpaired) electrons. The molecule has 3 rings (SSSR count). The van der Waals surface area contributed by atoms with Crippen LogP contribution in [0.3, 0.4) is 0 Å². The monoisotopic (exact) mass is 435 g/mol. The standard InChI is InChI=1S/C21H29N3O5S/c1-15-21(16(2)29-23-15)30(26,27)24-11-5-7-17(14-24)9-10-20(25)22-13-18-6-4-8-19(12-18)28-3/h4,6,8,12,17H,5,7,9-11,13-14H2,1-3H3,(H,22,25). The van der Waals surface area contributed by atoms with Crippen molar-refractivity contribution in [2.24, 2.45) is 5.92 Å². The Balaban J connectivity index is 1.52. The van der Waals surface area contributed by atoms with Crippen LogP contribution in [-0.2, 0) is 21.4 Å². The molecule has 1 fully saturated rings. The fourth-order valence-electron chi connectivity index (χ4n) is 3.86. The fourth-order valence-corrected chi connectivity index (χ4v) is 5.71. The quantitative estimate of drug-likeness (QED) is 0.684. The van der Waals surface area contributed by atoms with Gasteiger partial charge in [0, 0.05) is 26.1 Å². The normalized spacial score (nSPS) is 17.6. The molecule has 1 amide bonds. The number of carbonyl (C=O) groups is 1. The Morgan fingerprint density at radius 3 is 2.87 bits per heavy atom. The molecule has 1 unspecified atom stereocenters. The number of amides is 1. The van der Waals surface area contributed by atoms with Crippen molar-refractivity contribution in [3.05, 3.63) is 41.3 Å². The van der Waals surface area contributed by atoms with Gasteiger partial charge in [-0.3, -0.25) is 4.79 Å². The minimum Gasteiger partial charge on any atom is -0.497 e. The van der Waals surface area contributed by atoms with Gasteiger partial charge in [-0.1, -0.05) is 17.3 Å². The summed E-state index contributed by atoms with van der Waals surface area (Å²) in [5.74, 6) is 1.18. The maximum atomic E-state index is 13.0. The fraction of sp³-hybridized carbons (Fsp3) is 0.524. The second-order valence-corrected chi connectivity index (χ2v) is 9.57. The summed E-state index contributed by atoms with van der Waals surface area (Å²) in [5, 5.41) is 6.69. The number of ether oxygens (including phenoxy) is 1. The molecule has 1 aliphatic rings. The van der Waals surface area contributed by atoms with Crippen molar-refractivity contribution in [2.45, 2.75) is 51.0 Å². The number of nitrogens with one attached hydrogen (secondary N) is 1. The van der Waals surface area contributed by atoms with Crippen LogP contribution in [0.1, 0.15) is 42.7 Å². The third-order valence-electron chi connectivity index (χ3n) is 5.45. The SMILES string of the molecule is COc1cccc(CNC(=O)CCC2CCCN(S(=O)(=O)c3c(C)noc3C)C2)c1. The summed E-state index contributed by atoms with van der Waals surface area (Å²) in [5.41, 5.74) is 1.35. The number of aromatic nitrogens is 1. The molecule has 1 saturated heterocycles. The highest BCUT2D eigenvalue weighted by molar-refractivity contribution is 7.89. The first-order valence-electron chi connectivity index (χ1n) is 10.1. The van der Waals surface area contributed by atoms with E-state index in [0.717, 1.165) is 24.2 Å². The molecule has 1 aliphatic heterocycles. The van der Waals surface area contributed by atoms with E-state index in [4.69, 9.17) is 9.26 Å². The lowest BCUT2D eigenvalue weighted by atomic mass is 9.94. The topological polar surface area (TPSA) is 102 Å². The van der Waals surface area contributed by atoms with E-state index in [1.165, 1.54) is 4.31 Å². The lowest BCUT2D eigenvalue weighted by Gasteiger charge is -2.31. The molecule has 9 heteroatoms. The summed E-state index contributed by atoms with van der Waals surface area (Å²) in [4.78, 5) is 12.4. The highest BCUT2D eigenvalue weighted by atomic mass is 32.2. The van der Waals surface area contributed by atoms with Gasteiger partial charge in [0.1, 0.15) is 16.3 Å². The van der Waals surface area contributed by atoms with Crippen molar-refractivity contribution in [3.63, 3.8) is 0 Å². The number of benzene rings is 1. The predicted molar refractivity (Wildman–Crippen MR) is 112 cm³/mol. The molecule has 0 bridgehead atoms. The van der Waals surface area contributed by atoms with Gasteiger partial charge in [0.15, 0.2) is 5.76 Å². The van der Waals surface area contributed by atoms with Gasteiger partial charge in [0.05, 0.1) is 7.11 Å². The number of hydrogen-bond acceptors (Lipinski definition) is 6. The highest BCUT2D eigenvalue weighted by Crippen LogP contribution is 2.29.